The predicted molar refractivity (Wildman–Crippen MR) is 120 cm³/mol. The second-order valence-corrected chi connectivity index (χ2v) is 10.7. The lowest BCUT2D eigenvalue weighted by atomic mass is 9.81. The number of rotatable bonds is 8. The molecule has 0 aromatic heterocycles. The molecular weight excluding hydrogens is 414 g/mol. The van der Waals surface area contributed by atoms with Crippen molar-refractivity contribution in [2.45, 2.75) is 116 Å². The lowest BCUT2D eigenvalue weighted by Gasteiger charge is -2.37. The van der Waals surface area contributed by atoms with Gasteiger partial charge in [-0.2, -0.15) is 0 Å². The van der Waals surface area contributed by atoms with Crippen LogP contribution < -0.4 is 0 Å². The Morgan fingerprint density at radius 3 is 2.34 bits per heavy atom. The van der Waals surface area contributed by atoms with Gasteiger partial charge in [0.2, 0.25) is 0 Å². The highest BCUT2D eigenvalue weighted by Crippen LogP contribution is 2.41. The molecule has 0 aromatic carbocycles. The van der Waals surface area contributed by atoms with E-state index in [1.165, 1.54) is 13.5 Å². The molecule has 1 heterocycles. The molecule has 1 saturated carbocycles. The number of esters is 1. The molecule has 2 rings (SSSR count). The van der Waals surface area contributed by atoms with Crippen molar-refractivity contribution in [2.75, 3.05) is 13.7 Å². The van der Waals surface area contributed by atoms with Gasteiger partial charge in [0, 0.05) is 6.61 Å². The number of carbonyl (C=O) groups is 2. The quantitative estimate of drug-likeness (QED) is 0.536. The van der Waals surface area contributed by atoms with Gasteiger partial charge in [-0.3, -0.25) is 9.69 Å². The third-order valence-electron chi connectivity index (χ3n) is 6.53. The number of aliphatic hydroxyl groups excluding tert-OH is 2. The van der Waals surface area contributed by atoms with Gasteiger partial charge < -0.3 is 24.4 Å². The third-order valence-corrected chi connectivity index (χ3v) is 6.53. The van der Waals surface area contributed by atoms with Crippen molar-refractivity contribution in [2.24, 2.45) is 11.8 Å². The minimum atomic E-state index is -1.17. The van der Waals surface area contributed by atoms with Crippen LogP contribution in [-0.2, 0) is 19.0 Å². The zero-order valence-corrected chi connectivity index (χ0v) is 20.6. The summed E-state index contributed by atoms with van der Waals surface area (Å²) in [4.78, 5) is 27.3. The fourth-order valence-corrected chi connectivity index (χ4v) is 5.10. The van der Waals surface area contributed by atoms with Crippen molar-refractivity contribution in [1.29, 1.82) is 0 Å². The monoisotopic (exact) mass is 457 g/mol. The van der Waals surface area contributed by atoms with Crippen LogP contribution in [0.15, 0.2) is 0 Å². The standard InChI is InChI=1S/C24H43NO7/c1-23(2,3)32-22(29)25-18(15-16-11-8-7-9-12-16)20(31-24(25,4)5)19(27)17(13-10-14-26)21(28)30-6/h16-20,26-27H,7-15H2,1-6H3/t17?,18-,19?,20-/m1/s1. The molecule has 0 radical (unpaired) electrons. The van der Waals surface area contributed by atoms with Crippen LogP contribution in [0.1, 0.15) is 86.0 Å². The van der Waals surface area contributed by atoms with Crippen LogP contribution in [0.25, 0.3) is 0 Å². The maximum Gasteiger partial charge on any atom is 0.412 e. The average molecular weight is 458 g/mol. The Kier molecular flexibility index (Phi) is 9.37. The molecule has 2 fully saturated rings. The highest BCUT2D eigenvalue weighted by atomic mass is 16.6. The first-order chi connectivity index (χ1) is 14.9. The summed E-state index contributed by atoms with van der Waals surface area (Å²) in [6.45, 7) is 8.95. The number of hydrogen-bond donors (Lipinski definition) is 2. The molecule has 0 bridgehead atoms. The number of amides is 1. The number of carbonyl (C=O) groups excluding carboxylic acids is 2. The van der Waals surface area contributed by atoms with Crippen molar-refractivity contribution in [3.8, 4) is 0 Å². The van der Waals surface area contributed by atoms with Crippen LogP contribution in [-0.4, -0.2) is 70.5 Å². The SMILES string of the molecule is COC(=O)C(CCCO)C(O)[C@@H]1OC(C)(C)N(C(=O)OC(C)(C)C)[C@@H]1CC1CCCCC1. The first kappa shape index (κ1) is 26.9. The van der Waals surface area contributed by atoms with Gasteiger partial charge in [0.05, 0.1) is 25.2 Å². The van der Waals surface area contributed by atoms with Crippen molar-refractivity contribution in [3.05, 3.63) is 0 Å². The third kappa shape index (κ3) is 6.81. The molecular formula is C24H43NO7. The number of nitrogens with zero attached hydrogens (tertiary/aromatic N) is 1. The van der Waals surface area contributed by atoms with Crippen molar-refractivity contribution < 1.29 is 34.0 Å². The van der Waals surface area contributed by atoms with Crippen LogP contribution >= 0.6 is 0 Å². The van der Waals surface area contributed by atoms with Crippen molar-refractivity contribution >= 4 is 12.1 Å². The Morgan fingerprint density at radius 1 is 1.19 bits per heavy atom. The topological polar surface area (TPSA) is 106 Å². The average Bonchev–Trinajstić information content (AvgIpc) is 2.97. The summed E-state index contributed by atoms with van der Waals surface area (Å²) < 4.78 is 16.9. The smallest absolute Gasteiger partial charge is 0.412 e. The molecule has 2 N–H and O–H groups in total. The molecule has 0 aromatic rings. The van der Waals surface area contributed by atoms with Gasteiger partial charge in [-0.1, -0.05) is 32.1 Å². The first-order valence-electron chi connectivity index (χ1n) is 12.0. The van der Waals surface area contributed by atoms with Crippen molar-refractivity contribution in [1.82, 2.24) is 4.90 Å². The first-order valence-corrected chi connectivity index (χ1v) is 12.0. The Hall–Kier alpha value is -1.38. The van der Waals surface area contributed by atoms with E-state index in [0.717, 1.165) is 25.7 Å². The summed E-state index contributed by atoms with van der Waals surface area (Å²) >= 11 is 0. The van der Waals surface area contributed by atoms with Crippen LogP contribution in [0.3, 0.4) is 0 Å². The molecule has 186 valence electrons. The zero-order valence-electron chi connectivity index (χ0n) is 20.6. The number of methoxy groups -OCH3 is 1. The van der Waals surface area contributed by atoms with E-state index < -0.39 is 47.6 Å². The van der Waals surface area contributed by atoms with Crippen LogP contribution in [0.4, 0.5) is 4.79 Å². The second kappa shape index (κ2) is 11.2. The van der Waals surface area contributed by atoms with Crippen LogP contribution in [0.5, 0.6) is 0 Å². The molecule has 4 atom stereocenters. The van der Waals surface area contributed by atoms with Crippen LogP contribution in [0, 0.1) is 11.8 Å². The minimum absolute atomic E-state index is 0.0905. The molecule has 1 aliphatic heterocycles. The largest absolute Gasteiger partial charge is 0.469 e. The second-order valence-electron chi connectivity index (χ2n) is 10.7. The number of ether oxygens (including phenoxy) is 3. The lowest BCUT2D eigenvalue weighted by Crippen LogP contribution is -2.52. The fourth-order valence-electron chi connectivity index (χ4n) is 5.10. The lowest BCUT2D eigenvalue weighted by molar-refractivity contribution is -0.158. The van der Waals surface area contributed by atoms with E-state index in [1.807, 2.05) is 20.8 Å². The molecule has 0 spiro atoms. The number of aliphatic hydroxyl groups is 2. The van der Waals surface area contributed by atoms with Gasteiger partial charge in [0.15, 0.2) is 0 Å². The molecule has 2 unspecified atom stereocenters. The van der Waals surface area contributed by atoms with Gasteiger partial charge in [-0.15, -0.1) is 0 Å². The molecule has 1 saturated heterocycles. The Labute approximate surface area is 192 Å². The van der Waals surface area contributed by atoms with E-state index in [1.54, 1.807) is 18.7 Å². The maximum absolute atomic E-state index is 13.2. The fraction of sp³-hybridized carbons (Fsp3) is 0.917. The summed E-state index contributed by atoms with van der Waals surface area (Å²) in [6, 6.07) is -0.431. The van der Waals surface area contributed by atoms with Gasteiger partial charge in [0.1, 0.15) is 17.4 Å². The summed E-state index contributed by atoms with van der Waals surface area (Å²) in [5.41, 5.74) is -1.68. The Balaban J connectivity index is 2.36. The van der Waals surface area contributed by atoms with Gasteiger partial charge in [-0.25, -0.2) is 4.79 Å². The highest BCUT2D eigenvalue weighted by Gasteiger charge is 2.55. The van der Waals surface area contributed by atoms with Crippen molar-refractivity contribution in [3.63, 3.8) is 0 Å². The molecule has 32 heavy (non-hydrogen) atoms. The van der Waals surface area contributed by atoms with Gasteiger partial charge in [0.25, 0.3) is 0 Å². The van der Waals surface area contributed by atoms with E-state index in [-0.39, 0.29) is 13.0 Å². The minimum Gasteiger partial charge on any atom is -0.469 e. The zero-order chi connectivity index (χ0) is 24.1. The summed E-state index contributed by atoms with van der Waals surface area (Å²) in [7, 11) is 1.28. The summed E-state index contributed by atoms with van der Waals surface area (Å²) in [6.07, 6.45) is 4.57. The van der Waals surface area contributed by atoms with E-state index in [0.29, 0.717) is 18.8 Å². The van der Waals surface area contributed by atoms with E-state index in [4.69, 9.17) is 14.2 Å². The molecule has 8 heteroatoms. The maximum atomic E-state index is 13.2. The van der Waals surface area contributed by atoms with Gasteiger partial charge in [-0.05, 0) is 59.8 Å². The highest BCUT2D eigenvalue weighted by molar-refractivity contribution is 5.73. The van der Waals surface area contributed by atoms with Crippen LogP contribution in [0.2, 0.25) is 0 Å². The summed E-state index contributed by atoms with van der Waals surface area (Å²) in [5.74, 6) is -0.972. The molecule has 1 aliphatic carbocycles. The van der Waals surface area contributed by atoms with Gasteiger partial charge >= 0.3 is 12.1 Å². The Bertz CT molecular complexity index is 624. The van der Waals surface area contributed by atoms with E-state index >= 15 is 0 Å². The van der Waals surface area contributed by atoms with E-state index in [9.17, 15) is 19.8 Å². The predicted octanol–water partition coefficient (Wildman–Crippen LogP) is 3.62. The molecule has 8 nitrogen and oxygen atoms in total. The normalized spacial score (nSPS) is 25.9. The van der Waals surface area contributed by atoms with E-state index in [2.05, 4.69) is 0 Å². The Morgan fingerprint density at radius 2 is 1.81 bits per heavy atom. The summed E-state index contributed by atoms with van der Waals surface area (Å²) in [5, 5.41) is 20.6. The number of hydrogen-bond acceptors (Lipinski definition) is 7. The molecule has 2 aliphatic rings. The molecule has 1 amide bonds.